The minimum absolute atomic E-state index is 0.0653. The van der Waals surface area contributed by atoms with Crippen LogP contribution in [0.4, 0.5) is 11.5 Å². The number of carbonyl (C=O) groups excluding carboxylic acids is 1. The zero-order chi connectivity index (χ0) is 24.2. The summed E-state index contributed by atoms with van der Waals surface area (Å²) in [5.74, 6) is 0.225. The fourth-order valence-electron chi connectivity index (χ4n) is 3.73. The van der Waals surface area contributed by atoms with Gasteiger partial charge in [0.05, 0.1) is 27.0 Å². The first-order valence-electron chi connectivity index (χ1n) is 10.5. The zero-order valence-corrected chi connectivity index (χ0v) is 18.9. The van der Waals surface area contributed by atoms with Gasteiger partial charge in [-0.1, -0.05) is 18.2 Å². The average molecular weight is 464 g/mol. The minimum atomic E-state index is -1.16. The highest BCUT2D eigenvalue weighted by Gasteiger charge is 2.31. The zero-order valence-electron chi connectivity index (χ0n) is 18.9. The van der Waals surface area contributed by atoms with Crippen LogP contribution in [0.2, 0.25) is 0 Å². The number of nitrogens with zero attached hydrogens (tertiary/aromatic N) is 2. The first-order chi connectivity index (χ1) is 16.5. The molecule has 1 amide bonds. The molecule has 0 saturated carbocycles. The van der Waals surface area contributed by atoms with Crippen LogP contribution in [0.3, 0.4) is 0 Å². The molecule has 0 radical (unpaired) electrons. The van der Waals surface area contributed by atoms with E-state index >= 15 is 0 Å². The number of carbonyl (C=O) groups is 2. The number of nitrogens with one attached hydrogen (secondary N) is 2. The highest BCUT2D eigenvalue weighted by atomic mass is 16.5. The highest BCUT2D eigenvalue weighted by molar-refractivity contribution is 6.08. The molecule has 3 N–H and O–H groups in total. The maximum atomic E-state index is 13.1. The number of carboxylic acids is 1. The second-order valence-corrected chi connectivity index (χ2v) is 7.30. The number of methoxy groups -OCH3 is 2. The topological polar surface area (TPSA) is 124 Å². The smallest absolute Gasteiger partial charge is 0.352 e. The normalized spacial score (nSPS) is 14.3. The number of para-hydroxylation sites is 1. The molecule has 2 aromatic carbocycles. The minimum Gasteiger partial charge on any atom is -0.494 e. The Kier molecular flexibility index (Phi) is 6.39. The predicted molar refractivity (Wildman–Crippen MR) is 125 cm³/mol. The van der Waals surface area contributed by atoms with Gasteiger partial charge in [-0.25, -0.2) is 9.48 Å². The van der Waals surface area contributed by atoms with E-state index in [1.165, 1.54) is 26.5 Å². The molecule has 0 aliphatic carbocycles. The Morgan fingerprint density at radius 3 is 2.59 bits per heavy atom. The first-order valence-corrected chi connectivity index (χ1v) is 10.5. The summed E-state index contributed by atoms with van der Waals surface area (Å²) < 4.78 is 17.8. The lowest BCUT2D eigenvalue weighted by Crippen LogP contribution is -2.26. The molecule has 1 atom stereocenters. The highest BCUT2D eigenvalue weighted by Crippen LogP contribution is 2.36. The van der Waals surface area contributed by atoms with Crippen LogP contribution in [-0.2, 0) is 4.79 Å². The van der Waals surface area contributed by atoms with E-state index < -0.39 is 17.9 Å². The summed E-state index contributed by atoms with van der Waals surface area (Å²) in [5, 5.41) is 19.7. The Labute approximate surface area is 195 Å². The van der Waals surface area contributed by atoms with E-state index in [0.717, 1.165) is 5.56 Å². The maximum absolute atomic E-state index is 13.1. The van der Waals surface area contributed by atoms with Crippen molar-refractivity contribution < 1.29 is 28.9 Å². The second kappa shape index (κ2) is 9.57. The molecule has 34 heavy (non-hydrogen) atoms. The van der Waals surface area contributed by atoms with Crippen molar-refractivity contribution in [3.05, 3.63) is 71.6 Å². The van der Waals surface area contributed by atoms with Crippen molar-refractivity contribution in [3.8, 4) is 17.2 Å². The number of allylic oxidation sites excluding steroid dienone is 1. The lowest BCUT2D eigenvalue weighted by atomic mass is 10.0. The van der Waals surface area contributed by atoms with Crippen LogP contribution in [0.5, 0.6) is 17.2 Å². The molecule has 1 unspecified atom stereocenters. The quantitative estimate of drug-likeness (QED) is 0.463. The van der Waals surface area contributed by atoms with Gasteiger partial charge in [0.25, 0.3) is 5.91 Å². The molecule has 2 heterocycles. The van der Waals surface area contributed by atoms with Crippen molar-refractivity contribution >= 4 is 23.4 Å². The summed E-state index contributed by atoms with van der Waals surface area (Å²) in [6.45, 7) is 2.32. The van der Waals surface area contributed by atoms with Crippen molar-refractivity contribution in [2.24, 2.45) is 0 Å². The van der Waals surface area contributed by atoms with E-state index in [9.17, 15) is 14.7 Å². The number of ether oxygens (including phenoxy) is 3. The Hall–Kier alpha value is -4.47. The number of aliphatic carboxylic acids is 1. The van der Waals surface area contributed by atoms with Gasteiger partial charge in [0.1, 0.15) is 28.9 Å². The van der Waals surface area contributed by atoms with Gasteiger partial charge in [-0.15, -0.1) is 0 Å². The number of benzene rings is 2. The Morgan fingerprint density at radius 1 is 1.12 bits per heavy atom. The van der Waals surface area contributed by atoms with Gasteiger partial charge in [-0.3, -0.25) is 4.79 Å². The summed E-state index contributed by atoms with van der Waals surface area (Å²) in [4.78, 5) is 25.0. The van der Waals surface area contributed by atoms with Crippen LogP contribution in [0.1, 0.15) is 28.9 Å². The Balaban J connectivity index is 1.71. The number of rotatable bonds is 8. The molecule has 0 spiro atoms. The lowest BCUT2D eigenvalue weighted by Gasteiger charge is -2.25. The van der Waals surface area contributed by atoms with Crippen molar-refractivity contribution in [2.75, 3.05) is 31.5 Å². The molecule has 10 nitrogen and oxygen atoms in total. The lowest BCUT2D eigenvalue weighted by molar-refractivity contribution is -0.132. The number of amides is 1. The van der Waals surface area contributed by atoms with Crippen LogP contribution >= 0.6 is 0 Å². The molecular weight excluding hydrogens is 440 g/mol. The number of hydrogen-bond donors (Lipinski definition) is 3. The van der Waals surface area contributed by atoms with Crippen molar-refractivity contribution in [1.29, 1.82) is 0 Å². The van der Waals surface area contributed by atoms with Crippen LogP contribution in [0.15, 0.2) is 60.4 Å². The summed E-state index contributed by atoms with van der Waals surface area (Å²) in [5.41, 5.74) is 1.32. The van der Waals surface area contributed by atoms with Crippen LogP contribution in [0, 0.1) is 0 Å². The molecule has 0 fully saturated rings. The largest absolute Gasteiger partial charge is 0.494 e. The fraction of sp³-hybridized carbons (Fsp3) is 0.208. The third kappa shape index (κ3) is 4.25. The maximum Gasteiger partial charge on any atom is 0.352 e. The van der Waals surface area contributed by atoms with E-state index in [0.29, 0.717) is 29.5 Å². The third-order valence-electron chi connectivity index (χ3n) is 5.29. The van der Waals surface area contributed by atoms with E-state index in [4.69, 9.17) is 14.2 Å². The van der Waals surface area contributed by atoms with E-state index in [1.54, 1.807) is 22.9 Å². The molecule has 3 aromatic rings. The summed E-state index contributed by atoms with van der Waals surface area (Å²) in [6.07, 6.45) is 2.93. The number of anilines is 2. The molecule has 10 heteroatoms. The molecule has 0 bridgehead atoms. The van der Waals surface area contributed by atoms with E-state index in [-0.39, 0.29) is 17.1 Å². The van der Waals surface area contributed by atoms with Crippen LogP contribution in [0.25, 0.3) is 0 Å². The molecule has 1 aromatic heterocycles. The summed E-state index contributed by atoms with van der Waals surface area (Å²) in [6, 6.07) is 11.7. The van der Waals surface area contributed by atoms with E-state index in [2.05, 4.69) is 15.7 Å². The van der Waals surface area contributed by atoms with E-state index in [1.807, 2.05) is 31.2 Å². The molecule has 4 rings (SSSR count). The fourth-order valence-corrected chi connectivity index (χ4v) is 3.73. The monoisotopic (exact) mass is 464 g/mol. The molecule has 1 aliphatic heterocycles. The van der Waals surface area contributed by atoms with Gasteiger partial charge < -0.3 is 30.0 Å². The van der Waals surface area contributed by atoms with Crippen molar-refractivity contribution in [3.63, 3.8) is 0 Å². The number of hydrogen-bond acceptors (Lipinski definition) is 7. The summed E-state index contributed by atoms with van der Waals surface area (Å²) in [7, 11) is 3.02. The van der Waals surface area contributed by atoms with Gasteiger partial charge in [-0.05, 0) is 31.2 Å². The SMILES string of the molecule is CCOc1ccccc1C1C=C(C(=O)O)Nc2c(C(=O)Nc3ccc(OC)c(OC)c3)cnn21. The van der Waals surface area contributed by atoms with Crippen LogP contribution < -0.4 is 24.8 Å². The van der Waals surface area contributed by atoms with Gasteiger partial charge in [0.2, 0.25) is 0 Å². The number of aromatic nitrogens is 2. The number of carboxylic acid groups (broad SMARTS) is 1. The standard InChI is InChI=1S/C24H24N4O6/c1-4-34-19-8-6-5-7-15(19)18-12-17(24(30)31)27-22-16(13-25-28(18)22)23(29)26-14-9-10-20(32-2)21(11-14)33-3/h5-13,18,27H,4H2,1-3H3,(H,26,29)(H,30,31). The van der Waals surface area contributed by atoms with Crippen LogP contribution in [-0.4, -0.2) is 47.6 Å². The summed E-state index contributed by atoms with van der Waals surface area (Å²) >= 11 is 0. The van der Waals surface area contributed by atoms with Gasteiger partial charge in [-0.2, -0.15) is 5.10 Å². The Bertz CT molecular complexity index is 1270. The van der Waals surface area contributed by atoms with Gasteiger partial charge in [0, 0.05) is 17.3 Å². The van der Waals surface area contributed by atoms with Gasteiger partial charge >= 0.3 is 5.97 Å². The average Bonchev–Trinajstić information content (AvgIpc) is 3.28. The molecule has 1 aliphatic rings. The van der Waals surface area contributed by atoms with Crippen molar-refractivity contribution in [1.82, 2.24) is 9.78 Å². The molecule has 0 saturated heterocycles. The second-order valence-electron chi connectivity index (χ2n) is 7.30. The molecule has 176 valence electrons. The molecular formula is C24H24N4O6. The first kappa shape index (κ1) is 22.7. The van der Waals surface area contributed by atoms with Gasteiger partial charge in [0.15, 0.2) is 11.5 Å². The third-order valence-corrected chi connectivity index (χ3v) is 5.29. The Morgan fingerprint density at radius 2 is 1.88 bits per heavy atom. The number of fused-ring (bicyclic) bond motifs is 1. The van der Waals surface area contributed by atoms with Crippen molar-refractivity contribution in [2.45, 2.75) is 13.0 Å². The predicted octanol–water partition coefficient (Wildman–Crippen LogP) is 3.53.